The Morgan fingerprint density at radius 3 is 2.32 bits per heavy atom. The first-order valence-electron chi connectivity index (χ1n) is 9.90. The summed E-state index contributed by atoms with van der Waals surface area (Å²) in [5, 5.41) is 6.26. The van der Waals surface area contributed by atoms with Crippen molar-refractivity contribution in [3.8, 4) is 0 Å². The average molecular weight is 347 g/mol. The first-order valence-corrected chi connectivity index (χ1v) is 9.90. The second kappa shape index (κ2) is 6.77. The fourth-order valence-corrected chi connectivity index (χ4v) is 5.75. The van der Waals surface area contributed by atoms with Crippen molar-refractivity contribution in [3.05, 3.63) is 12.2 Å². The lowest BCUT2D eigenvalue weighted by Crippen LogP contribution is -2.41. The zero-order chi connectivity index (χ0) is 18.4. The largest absolute Gasteiger partial charge is 0.355 e. The molecule has 0 heterocycles. The van der Waals surface area contributed by atoms with E-state index in [0.717, 1.165) is 36.8 Å². The van der Waals surface area contributed by atoms with Gasteiger partial charge in [0.25, 0.3) is 0 Å². The number of rotatable bonds is 5. The molecule has 0 radical (unpaired) electrons. The van der Waals surface area contributed by atoms with E-state index in [2.05, 4.69) is 17.2 Å². The van der Waals surface area contributed by atoms with Crippen molar-refractivity contribution in [2.24, 2.45) is 40.9 Å². The molecule has 3 aliphatic rings. The Bertz CT molecular complexity index is 563. The van der Waals surface area contributed by atoms with Crippen molar-refractivity contribution < 1.29 is 9.59 Å². The van der Waals surface area contributed by atoms with E-state index in [0.29, 0.717) is 17.4 Å². The van der Waals surface area contributed by atoms with E-state index in [1.165, 1.54) is 25.7 Å². The molecule has 4 nitrogen and oxygen atoms in total. The second-order valence-electron chi connectivity index (χ2n) is 9.68. The maximum atomic E-state index is 12.2. The quantitative estimate of drug-likeness (QED) is 0.751. The minimum absolute atomic E-state index is 0.00521. The molecule has 0 saturated heterocycles. The molecule has 0 aromatic carbocycles. The Morgan fingerprint density at radius 2 is 1.68 bits per heavy atom. The van der Waals surface area contributed by atoms with Crippen LogP contribution in [0.4, 0.5) is 0 Å². The molecule has 2 amide bonds. The maximum Gasteiger partial charge on any atom is 0.246 e. The first kappa shape index (κ1) is 18.5. The van der Waals surface area contributed by atoms with Gasteiger partial charge in [-0.1, -0.05) is 27.4 Å². The van der Waals surface area contributed by atoms with Crippen LogP contribution in [0.5, 0.6) is 0 Å². The van der Waals surface area contributed by atoms with Crippen molar-refractivity contribution in [1.29, 1.82) is 0 Å². The molecule has 0 aromatic rings. The van der Waals surface area contributed by atoms with Gasteiger partial charge in [0.05, 0.1) is 0 Å². The molecule has 2 N–H and O–H groups in total. The normalized spacial score (nSPS) is 36.2. The summed E-state index contributed by atoms with van der Waals surface area (Å²) in [5.74, 6) is 4.60. The molecule has 3 rings (SSSR count). The van der Waals surface area contributed by atoms with Crippen LogP contribution in [0.15, 0.2) is 12.2 Å². The molecule has 3 fully saturated rings. The molecule has 3 saturated carbocycles. The molecule has 140 valence electrons. The van der Waals surface area contributed by atoms with Crippen LogP contribution in [0, 0.1) is 40.9 Å². The van der Waals surface area contributed by atoms with Gasteiger partial charge in [-0.2, -0.15) is 0 Å². The van der Waals surface area contributed by atoms with Crippen molar-refractivity contribution in [1.82, 2.24) is 10.6 Å². The Morgan fingerprint density at radius 1 is 1.00 bits per heavy atom. The number of fused-ring (bicyclic) bond motifs is 5. The Balaban J connectivity index is 1.52. The Labute approximate surface area is 152 Å². The van der Waals surface area contributed by atoms with Crippen LogP contribution in [0.3, 0.4) is 0 Å². The lowest BCUT2D eigenvalue weighted by molar-refractivity contribution is -0.128. The predicted octanol–water partition coefficient (Wildman–Crippen LogP) is 3.14. The molecule has 3 aliphatic carbocycles. The van der Waals surface area contributed by atoms with E-state index in [9.17, 15) is 9.59 Å². The topological polar surface area (TPSA) is 58.2 Å². The van der Waals surface area contributed by atoms with Crippen molar-refractivity contribution >= 4 is 11.8 Å². The summed E-state index contributed by atoms with van der Waals surface area (Å²) >= 11 is 0. The van der Waals surface area contributed by atoms with Crippen molar-refractivity contribution in [3.63, 3.8) is 0 Å². The zero-order valence-corrected chi connectivity index (χ0v) is 16.2. The smallest absolute Gasteiger partial charge is 0.246 e. The third kappa shape index (κ3) is 3.63. The van der Waals surface area contributed by atoms with Gasteiger partial charge in [0.1, 0.15) is 0 Å². The third-order valence-corrected chi connectivity index (χ3v) is 6.91. The van der Waals surface area contributed by atoms with Gasteiger partial charge in [0.15, 0.2) is 0 Å². The lowest BCUT2D eigenvalue weighted by atomic mass is 9.73. The number of hydrogen-bond donors (Lipinski definition) is 2. The van der Waals surface area contributed by atoms with E-state index < -0.39 is 0 Å². The molecule has 4 heteroatoms. The monoisotopic (exact) mass is 346 g/mol. The molecule has 0 aromatic heterocycles. The van der Waals surface area contributed by atoms with Gasteiger partial charge in [-0.25, -0.2) is 0 Å². The maximum absolute atomic E-state index is 12.2. The number of nitrogens with one attached hydrogen (secondary N) is 2. The van der Waals surface area contributed by atoms with E-state index >= 15 is 0 Å². The molecule has 0 aliphatic heterocycles. The second-order valence-corrected chi connectivity index (χ2v) is 9.68. The molecule has 6 atom stereocenters. The van der Waals surface area contributed by atoms with Crippen molar-refractivity contribution in [2.75, 3.05) is 13.1 Å². The highest BCUT2D eigenvalue weighted by Gasteiger charge is 2.56. The highest BCUT2D eigenvalue weighted by molar-refractivity contribution is 5.92. The molecule has 6 unspecified atom stereocenters. The van der Waals surface area contributed by atoms with Gasteiger partial charge >= 0.3 is 0 Å². The van der Waals surface area contributed by atoms with Gasteiger partial charge in [-0.3, -0.25) is 9.59 Å². The zero-order valence-electron chi connectivity index (χ0n) is 16.2. The number of carbonyl (C=O) groups excluding carboxylic acids is 2. The predicted molar refractivity (Wildman–Crippen MR) is 99.7 cm³/mol. The van der Waals surface area contributed by atoms with Crippen LogP contribution >= 0.6 is 0 Å². The van der Waals surface area contributed by atoms with Gasteiger partial charge in [0.2, 0.25) is 11.8 Å². The van der Waals surface area contributed by atoms with Gasteiger partial charge in [0, 0.05) is 24.1 Å². The van der Waals surface area contributed by atoms with E-state index in [1.807, 2.05) is 20.8 Å². The van der Waals surface area contributed by atoms with E-state index in [-0.39, 0.29) is 17.2 Å². The first-order chi connectivity index (χ1) is 11.7. The van der Waals surface area contributed by atoms with Crippen LogP contribution in [0.2, 0.25) is 0 Å². The fraction of sp³-hybridized carbons (Fsp3) is 0.810. The molecular formula is C21H34N2O2. The summed E-state index contributed by atoms with van der Waals surface area (Å²) in [7, 11) is 0. The van der Waals surface area contributed by atoms with Gasteiger partial charge < -0.3 is 10.6 Å². The molecular weight excluding hydrogens is 312 g/mol. The summed E-state index contributed by atoms with van der Waals surface area (Å²) in [6.45, 7) is 13.1. The summed E-state index contributed by atoms with van der Waals surface area (Å²) in [4.78, 5) is 23.9. The van der Waals surface area contributed by atoms with E-state index in [4.69, 9.17) is 0 Å². The number of amides is 2. The van der Waals surface area contributed by atoms with Crippen LogP contribution in [-0.4, -0.2) is 24.9 Å². The third-order valence-electron chi connectivity index (χ3n) is 6.91. The summed E-state index contributed by atoms with van der Waals surface area (Å²) in [6.07, 6.45) is 5.11. The fourth-order valence-electron chi connectivity index (χ4n) is 5.75. The minimum atomic E-state index is -0.305. The lowest BCUT2D eigenvalue weighted by Gasteiger charge is -2.34. The van der Waals surface area contributed by atoms with Gasteiger partial charge in [-0.05, 0) is 68.1 Å². The Kier molecular flexibility index (Phi) is 5.00. The highest BCUT2D eigenvalue weighted by atomic mass is 16.2. The summed E-state index contributed by atoms with van der Waals surface area (Å²) in [6, 6.07) is 0. The summed E-state index contributed by atoms with van der Waals surface area (Å²) in [5.41, 5.74) is 0.289. The van der Waals surface area contributed by atoms with E-state index in [1.54, 1.807) is 6.92 Å². The average Bonchev–Trinajstić information content (AvgIpc) is 3.20. The molecule has 2 bridgehead atoms. The molecule has 0 spiro atoms. The van der Waals surface area contributed by atoms with Crippen molar-refractivity contribution in [2.45, 2.75) is 53.4 Å². The minimum Gasteiger partial charge on any atom is -0.355 e. The SMILES string of the molecule is C=C(C)C(=O)NCC1CCC2C3CC(CC3CNC(=O)C(C)(C)C)C12. The van der Waals surface area contributed by atoms with Crippen LogP contribution in [-0.2, 0) is 9.59 Å². The number of hydrogen-bond acceptors (Lipinski definition) is 2. The highest BCUT2D eigenvalue weighted by Crippen LogP contribution is 2.62. The molecule has 25 heavy (non-hydrogen) atoms. The van der Waals surface area contributed by atoms with Gasteiger partial charge in [-0.15, -0.1) is 0 Å². The Hall–Kier alpha value is -1.32. The number of carbonyl (C=O) groups is 2. The summed E-state index contributed by atoms with van der Waals surface area (Å²) < 4.78 is 0. The van der Waals surface area contributed by atoms with Crippen LogP contribution in [0.25, 0.3) is 0 Å². The van der Waals surface area contributed by atoms with Crippen LogP contribution < -0.4 is 10.6 Å². The van der Waals surface area contributed by atoms with Crippen LogP contribution in [0.1, 0.15) is 53.4 Å². The standard InChI is InChI=1S/C21H34N2O2/c1-12(2)19(24)22-10-13-6-7-16-17-9-14(18(13)16)8-15(17)11-23-20(25)21(3,4)5/h13-18H,1,6-11H2,2-5H3,(H,22,24)(H,23,25).